The molecule has 0 bridgehead atoms. The van der Waals surface area contributed by atoms with Crippen LogP contribution in [0.3, 0.4) is 0 Å². The maximum absolute atomic E-state index is 13.0. The summed E-state index contributed by atoms with van der Waals surface area (Å²) in [6, 6.07) is 33.3. The van der Waals surface area contributed by atoms with E-state index in [4.69, 9.17) is 16.3 Å². The quantitative estimate of drug-likeness (QED) is 0.275. The number of benzene rings is 4. The van der Waals surface area contributed by atoms with E-state index in [9.17, 15) is 9.59 Å². The number of ketones is 1. The van der Waals surface area contributed by atoms with Crippen molar-refractivity contribution >= 4 is 23.3 Å². The van der Waals surface area contributed by atoms with Crippen molar-refractivity contribution in [3.05, 3.63) is 136 Å². The zero-order valence-electron chi connectivity index (χ0n) is 18.6. The van der Waals surface area contributed by atoms with Gasteiger partial charge in [-0.15, -0.1) is 0 Å². The molecule has 5 heteroatoms. The third-order valence-corrected chi connectivity index (χ3v) is 5.62. The minimum absolute atomic E-state index is 0.0931. The monoisotopic (exact) mass is 469 g/mol. The molecule has 0 saturated heterocycles. The number of hydrogen-bond donors (Lipinski definition) is 0. The summed E-state index contributed by atoms with van der Waals surface area (Å²) in [5, 5.41) is 0.582. The standard InChI is InChI=1S/C29H24ClNO3/c30-26-15-11-24(12-16-26)29(33)25-13-17-27(18-14-25)34-21-28(32)31(19-22-7-3-1-4-8-22)20-23-9-5-2-6-10-23/h1-18H,19-21H2. The van der Waals surface area contributed by atoms with E-state index in [0.29, 0.717) is 35.0 Å². The van der Waals surface area contributed by atoms with Gasteiger partial charge < -0.3 is 9.64 Å². The van der Waals surface area contributed by atoms with E-state index < -0.39 is 0 Å². The lowest BCUT2D eigenvalue weighted by Crippen LogP contribution is -2.34. The largest absolute Gasteiger partial charge is 0.484 e. The van der Waals surface area contributed by atoms with Gasteiger partial charge in [0.2, 0.25) is 0 Å². The second-order valence-corrected chi connectivity index (χ2v) is 8.31. The van der Waals surface area contributed by atoms with Gasteiger partial charge in [-0.05, 0) is 59.7 Å². The first-order chi connectivity index (χ1) is 16.6. The lowest BCUT2D eigenvalue weighted by molar-refractivity contribution is -0.134. The molecule has 34 heavy (non-hydrogen) atoms. The number of carbonyl (C=O) groups is 2. The molecule has 0 aliphatic carbocycles. The topological polar surface area (TPSA) is 46.6 Å². The summed E-state index contributed by atoms with van der Waals surface area (Å²) < 4.78 is 5.76. The first-order valence-corrected chi connectivity index (χ1v) is 11.3. The molecule has 170 valence electrons. The zero-order chi connectivity index (χ0) is 23.8. The van der Waals surface area contributed by atoms with Crippen LogP contribution in [0.15, 0.2) is 109 Å². The van der Waals surface area contributed by atoms with Crippen LogP contribution in [0.4, 0.5) is 0 Å². The summed E-state index contributed by atoms with van der Waals surface area (Å²) in [6.45, 7) is 0.892. The summed E-state index contributed by atoms with van der Waals surface area (Å²) in [7, 11) is 0. The Morgan fingerprint density at radius 1 is 0.647 bits per heavy atom. The Morgan fingerprint density at radius 3 is 1.62 bits per heavy atom. The number of nitrogens with zero attached hydrogens (tertiary/aromatic N) is 1. The molecule has 0 spiro atoms. The van der Waals surface area contributed by atoms with Crippen LogP contribution in [0.25, 0.3) is 0 Å². The zero-order valence-corrected chi connectivity index (χ0v) is 19.3. The SMILES string of the molecule is O=C(c1ccc(Cl)cc1)c1ccc(OCC(=O)N(Cc2ccccc2)Cc2ccccc2)cc1. The van der Waals surface area contributed by atoms with Crippen LogP contribution in [0.1, 0.15) is 27.0 Å². The molecule has 0 N–H and O–H groups in total. The van der Waals surface area contributed by atoms with Gasteiger partial charge >= 0.3 is 0 Å². The molecule has 1 amide bonds. The van der Waals surface area contributed by atoms with E-state index in [1.54, 1.807) is 53.4 Å². The van der Waals surface area contributed by atoms with Crippen molar-refractivity contribution in [3.63, 3.8) is 0 Å². The van der Waals surface area contributed by atoms with Crippen molar-refractivity contribution in [2.45, 2.75) is 13.1 Å². The highest BCUT2D eigenvalue weighted by atomic mass is 35.5. The second-order valence-electron chi connectivity index (χ2n) is 7.87. The Balaban J connectivity index is 1.40. The van der Waals surface area contributed by atoms with E-state index in [1.807, 2.05) is 60.7 Å². The van der Waals surface area contributed by atoms with Gasteiger partial charge in [-0.25, -0.2) is 0 Å². The molecule has 0 aromatic heterocycles. The predicted octanol–water partition coefficient (Wildman–Crippen LogP) is 6.18. The summed E-state index contributed by atoms with van der Waals surface area (Å²) in [6.07, 6.45) is 0. The fourth-order valence-corrected chi connectivity index (χ4v) is 3.67. The lowest BCUT2D eigenvalue weighted by Gasteiger charge is -2.23. The van der Waals surface area contributed by atoms with E-state index in [0.717, 1.165) is 11.1 Å². The number of hydrogen-bond acceptors (Lipinski definition) is 3. The van der Waals surface area contributed by atoms with Gasteiger partial charge in [-0.3, -0.25) is 9.59 Å². The molecule has 4 aromatic carbocycles. The van der Waals surface area contributed by atoms with Crippen molar-refractivity contribution in [1.29, 1.82) is 0 Å². The van der Waals surface area contributed by atoms with Gasteiger partial charge in [0, 0.05) is 29.2 Å². The molecule has 4 aromatic rings. The van der Waals surface area contributed by atoms with Gasteiger partial charge in [-0.2, -0.15) is 0 Å². The van der Waals surface area contributed by atoms with E-state index >= 15 is 0 Å². The van der Waals surface area contributed by atoms with Crippen LogP contribution in [0.2, 0.25) is 5.02 Å². The fraction of sp³-hybridized carbons (Fsp3) is 0.103. The van der Waals surface area contributed by atoms with Crippen molar-refractivity contribution in [2.24, 2.45) is 0 Å². The minimum atomic E-state index is -0.117. The molecule has 0 saturated carbocycles. The van der Waals surface area contributed by atoms with Crippen molar-refractivity contribution in [3.8, 4) is 5.75 Å². The Bertz CT molecular complexity index is 1180. The second kappa shape index (κ2) is 11.3. The molecule has 0 aliphatic rings. The van der Waals surface area contributed by atoms with Crippen LogP contribution in [0.5, 0.6) is 5.75 Å². The Morgan fingerprint density at radius 2 is 1.12 bits per heavy atom. The molecule has 0 unspecified atom stereocenters. The Kier molecular flexibility index (Phi) is 7.74. The lowest BCUT2D eigenvalue weighted by atomic mass is 10.0. The van der Waals surface area contributed by atoms with Gasteiger partial charge in [0.1, 0.15) is 5.75 Å². The van der Waals surface area contributed by atoms with Crippen molar-refractivity contribution in [1.82, 2.24) is 4.90 Å². The van der Waals surface area contributed by atoms with Crippen molar-refractivity contribution in [2.75, 3.05) is 6.61 Å². The number of halogens is 1. The van der Waals surface area contributed by atoms with Gasteiger partial charge in [0.15, 0.2) is 12.4 Å². The average molecular weight is 470 g/mol. The molecule has 0 atom stereocenters. The molecular formula is C29H24ClNO3. The number of rotatable bonds is 9. The molecule has 0 fully saturated rings. The predicted molar refractivity (Wildman–Crippen MR) is 134 cm³/mol. The fourth-order valence-electron chi connectivity index (χ4n) is 3.55. The van der Waals surface area contributed by atoms with Crippen LogP contribution in [-0.2, 0) is 17.9 Å². The van der Waals surface area contributed by atoms with Gasteiger partial charge in [0.25, 0.3) is 5.91 Å². The Hall–Kier alpha value is -3.89. The van der Waals surface area contributed by atoms with Crippen LogP contribution in [0, 0.1) is 0 Å². The molecule has 4 rings (SSSR count). The first kappa shape index (κ1) is 23.3. The molecule has 4 nitrogen and oxygen atoms in total. The third kappa shape index (κ3) is 6.33. The summed E-state index contributed by atoms with van der Waals surface area (Å²) in [5.41, 5.74) is 3.20. The molecule has 0 heterocycles. The van der Waals surface area contributed by atoms with Gasteiger partial charge in [-0.1, -0.05) is 72.3 Å². The van der Waals surface area contributed by atoms with Gasteiger partial charge in [0.05, 0.1) is 0 Å². The van der Waals surface area contributed by atoms with Crippen LogP contribution >= 0.6 is 11.6 Å². The van der Waals surface area contributed by atoms with Crippen LogP contribution < -0.4 is 4.74 Å². The number of amides is 1. The maximum Gasteiger partial charge on any atom is 0.261 e. The number of carbonyl (C=O) groups excluding carboxylic acids is 2. The molecule has 0 aliphatic heterocycles. The van der Waals surface area contributed by atoms with Crippen molar-refractivity contribution < 1.29 is 14.3 Å². The highest BCUT2D eigenvalue weighted by molar-refractivity contribution is 6.30. The van der Waals surface area contributed by atoms with E-state index in [1.165, 1.54) is 0 Å². The first-order valence-electron chi connectivity index (χ1n) is 11.0. The molecular weight excluding hydrogens is 446 g/mol. The summed E-state index contributed by atoms with van der Waals surface area (Å²) in [4.78, 5) is 27.5. The third-order valence-electron chi connectivity index (χ3n) is 5.37. The Labute approximate surface area is 204 Å². The van der Waals surface area contributed by atoms with E-state index in [2.05, 4.69) is 0 Å². The highest BCUT2D eigenvalue weighted by Gasteiger charge is 2.16. The minimum Gasteiger partial charge on any atom is -0.484 e. The van der Waals surface area contributed by atoms with E-state index in [-0.39, 0.29) is 18.3 Å². The normalized spacial score (nSPS) is 10.5. The summed E-state index contributed by atoms with van der Waals surface area (Å²) in [5.74, 6) is 0.311. The summed E-state index contributed by atoms with van der Waals surface area (Å²) >= 11 is 5.90. The number of ether oxygens (including phenoxy) is 1. The molecule has 0 radical (unpaired) electrons. The smallest absolute Gasteiger partial charge is 0.261 e. The average Bonchev–Trinajstić information content (AvgIpc) is 2.88. The maximum atomic E-state index is 13.0. The highest BCUT2D eigenvalue weighted by Crippen LogP contribution is 2.18. The van der Waals surface area contributed by atoms with Crippen LogP contribution in [-0.4, -0.2) is 23.2 Å².